The summed E-state index contributed by atoms with van der Waals surface area (Å²) >= 11 is 0. The minimum absolute atomic E-state index is 0.0891. The summed E-state index contributed by atoms with van der Waals surface area (Å²) in [5.41, 5.74) is -0.0319. The van der Waals surface area contributed by atoms with Gasteiger partial charge in [-0.1, -0.05) is 20.8 Å². The van der Waals surface area contributed by atoms with E-state index in [0.29, 0.717) is 19.4 Å². The molecule has 4 N–H and O–H groups in total. The van der Waals surface area contributed by atoms with Gasteiger partial charge in [0.1, 0.15) is 60.0 Å². The van der Waals surface area contributed by atoms with Crippen molar-refractivity contribution in [3.8, 4) is 0 Å². The molecule has 10 nitrogen and oxygen atoms in total. The van der Waals surface area contributed by atoms with E-state index in [-0.39, 0.29) is 47.4 Å². The van der Waals surface area contributed by atoms with Crippen LogP contribution in [0.15, 0.2) is 11.1 Å². The summed E-state index contributed by atoms with van der Waals surface area (Å²) in [6.07, 6.45) is -3.60. The zero-order valence-electron chi connectivity index (χ0n) is 21.3. The van der Waals surface area contributed by atoms with E-state index >= 15 is 0 Å². The first-order chi connectivity index (χ1) is 17.6. The quantitative estimate of drug-likeness (QED) is 0.284. The Labute approximate surface area is 214 Å². The third kappa shape index (κ3) is 2.42. The number of epoxide rings is 3. The van der Waals surface area contributed by atoms with E-state index in [2.05, 4.69) is 20.8 Å². The highest BCUT2D eigenvalue weighted by molar-refractivity contribution is 5.92. The first kappa shape index (κ1) is 23.7. The molecule has 204 valence electrons. The molecule has 3 aliphatic carbocycles. The lowest BCUT2D eigenvalue weighted by atomic mass is 9.44. The smallest absolute Gasteiger partial charge is 0.334 e. The molecule has 6 fully saturated rings. The number of carbonyl (C=O) groups excluding carboxylic acids is 1. The molecule has 0 amide bonds. The Kier molecular flexibility index (Phi) is 4.47. The highest BCUT2D eigenvalue weighted by Gasteiger charge is 2.99. The second-order valence-corrected chi connectivity index (χ2v) is 13.2. The van der Waals surface area contributed by atoms with Gasteiger partial charge >= 0.3 is 5.97 Å². The molecule has 0 aromatic carbocycles. The van der Waals surface area contributed by atoms with Crippen LogP contribution in [0.2, 0.25) is 0 Å². The lowest BCUT2D eigenvalue weighted by Crippen LogP contribution is -2.68. The van der Waals surface area contributed by atoms with Crippen LogP contribution in [-0.2, 0) is 28.5 Å². The SMILES string of the molecule is CC(C)[C@]12O[C@H]1[C@@H]1O[C@]13[C@]1(O[C@H]1C[C@H]1C4=C(CC[C@@]13C)C(=O)OC4)[C@@H]2C[C@@H]1OC(CO)[C@H](O)[C@H](O)C1O. The van der Waals surface area contributed by atoms with Crippen molar-refractivity contribution in [1.29, 1.82) is 0 Å². The fourth-order valence-corrected chi connectivity index (χ4v) is 9.94. The maximum Gasteiger partial charge on any atom is 0.334 e. The predicted octanol–water partition coefficient (Wildman–Crippen LogP) is -0.409. The summed E-state index contributed by atoms with van der Waals surface area (Å²) in [5, 5.41) is 41.5. The van der Waals surface area contributed by atoms with E-state index in [9.17, 15) is 25.2 Å². The second-order valence-electron chi connectivity index (χ2n) is 13.2. The Bertz CT molecular complexity index is 1100. The maximum absolute atomic E-state index is 12.4. The van der Waals surface area contributed by atoms with Gasteiger partial charge < -0.3 is 44.1 Å². The summed E-state index contributed by atoms with van der Waals surface area (Å²) in [7, 11) is 0. The van der Waals surface area contributed by atoms with Gasteiger partial charge in [0, 0.05) is 16.9 Å². The molecule has 5 heterocycles. The van der Waals surface area contributed by atoms with Gasteiger partial charge in [-0.05, 0) is 43.1 Å². The molecule has 0 aromatic heterocycles. The summed E-state index contributed by atoms with van der Waals surface area (Å²) < 4.78 is 31.6. The molecule has 8 aliphatic rings. The summed E-state index contributed by atoms with van der Waals surface area (Å²) in [5.74, 6) is -0.0814. The van der Waals surface area contributed by atoms with Crippen LogP contribution in [0.5, 0.6) is 0 Å². The lowest BCUT2D eigenvalue weighted by molar-refractivity contribution is -0.236. The molecule has 0 radical (unpaired) electrons. The number of hydrogen-bond donors (Lipinski definition) is 4. The molecule has 10 heteroatoms. The van der Waals surface area contributed by atoms with E-state index < -0.39 is 53.9 Å². The Morgan fingerprint density at radius 1 is 1.03 bits per heavy atom. The zero-order chi connectivity index (χ0) is 25.9. The minimum atomic E-state index is -1.42. The van der Waals surface area contributed by atoms with E-state index in [1.807, 2.05) is 0 Å². The normalized spacial score (nSPS) is 60.5. The van der Waals surface area contributed by atoms with Crippen molar-refractivity contribution < 1.29 is 48.9 Å². The van der Waals surface area contributed by atoms with E-state index in [4.69, 9.17) is 23.7 Å². The molecule has 4 saturated heterocycles. The van der Waals surface area contributed by atoms with Gasteiger partial charge in [0.05, 0.1) is 18.8 Å². The maximum atomic E-state index is 12.4. The number of cyclic esters (lactones) is 1. The first-order valence-electron chi connectivity index (χ1n) is 13.8. The van der Waals surface area contributed by atoms with Crippen molar-refractivity contribution in [2.45, 2.75) is 112 Å². The van der Waals surface area contributed by atoms with Crippen LogP contribution >= 0.6 is 0 Å². The van der Waals surface area contributed by atoms with Gasteiger partial charge in [-0.15, -0.1) is 0 Å². The van der Waals surface area contributed by atoms with E-state index in [1.165, 1.54) is 0 Å². The van der Waals surface area contributed by atoms with Crippen LogP contribution in [0.1, 0.15) is 46.5 Å². The third-order valence-corrected chi connectivity index (χ3v) is 11.8. The Morgan fingerprint density at radius 3 is 2.51 bits per heavy atom. The lowest BCUT2D eigenvalue weighted by Gasteiger charge is -2.55. The van der Waals surface area contributed by atoms with Crippen molar-refractivity contribution in [2.24, 2.45) is 23.2 Å². The summed E-state index contributed by atoms with van der Waals surface area (Å²) in [6, 6.07) is 0. The fourth-order valence-electron chi connectivity index (χ4n) is 9.94. The van der Waals surface area contributed by atoms with Gasteiger partial charge in [0.15, 0.2) is 0 Å². The van der Waals surface area contributed by atoms with Crippen LogP contribution in [0, 0.1) is 23.2 Å². The van der Waals surface area contributed by atoms with Gasteiger partial charge in [0.25, 0.3) is 0 Å². The van der Waals surface area contributed by atoms with Crippen molar-refractivity contribution in [2.75, 3.05) is 13.2 Å². The summed E-state index contributed by atoms with van der Waals surface area (Å²) in [6.45, 7) is 6.43. The number of hydrogen-bond acceptors (Lipinski definition) is 10. The van der Waals surface area contributed by atoms with Crippen LogP contribution in [0.3, 0.4) is 0 Å². The minimum Gasteiger partial charge on any atom is -0.458 e. The average Bonchev–Trinajstić information content (AvgIpc) is 3.77. The molecule has 0 aromatic rings. The van der Waals surface area contributed by atoms with E-state index in [1.54, 1.807) is 0 Å². The van der Waals surface area contributed by atoms with Crippen LogP contribution in [0.25, 0.3) is 0 Å². The van der Waals surface area contributed by atoms with Crippen LogP contribution < -0.4 is 0 Å². The van der Waals surface area contributed by atoms with E-state index in [0.717, 1.165) is 24.0 Å². The largest absolute Gasteiger partial charge is 0.458 e. The van der Waals surface area contributed by atoms with Gasteiger partial charge in [-0.3, -0.25) is 0 Å². The Balaban J connectivity index is 1.20. The molecule has 14 atom stereocenters. The molecule has 2 unspecified atom stereocenters. The highest BCUT2D eigenvalue weighted by Crippen LogP contribution is 2.85. The van der Waals surface area contributed by atoms with Crippen molar-refractivity contribution >= 4 is 5.97 Å². The molecule has 8 rings (SSSR count). The molecule has 2 saturated carbocycles. The first-order valence-corrected chi connectivity index (χ1v) is 13.8. The molecule has 2 spiro atoms. The van der Waals surface area contributed by atoms with Crippen LogP contribution in [0.4, 0.5) is 0 Å². The number of rotatable bonds is 4. The third-order valence-electron chi connectivity index (χ3n) is 11.8. The molecular weight excluding hydrogens is 484 g/mol. The monoisotopic (exact) mass is 520 g/mol. The van der Waals surface area contributed by atoms with Gasteiger partial charge in [-0.25, -0.2) is 4.79 Å². The van der Waals surface area contributed by atoms with Crippen molar-refractivity contribution in [3.05, 3.63) is 11.1 Å². The summed E-state index contributed by atoms with van der Waals surface area (Å²) in [4.78, 5) is 12.4. The number of aliphatic hydroxyl groups is 4. The zero-order valence-corrected chi connectivity index (χ0v) is 21.3. The van der Waals surface area contributed by atoms with Crippen LogP contribution in [-0.4, -0.2) is 105 Å². The van der Waals surface area contributed by atoms with Gasteiger partial charge in [0.2, 0.25) is 0 Å². The highest BCUT2D eigenvalue weighted by atomic mass is 16.7. The molecular formula is C27H36O10. The topological polar surface area (TPSA) is 154 Å². The number of fused-ring (bicyclic) bond motifs is 4. The molecule has 5 aliphatic heterocycles. The average molecular weight is 521 g/mol. The standard InChI is InChI=1S/C27H36O10/c1-10(2)25-16(7-14-18(29)20(31)19(30)15(8-28)34-14)26-17(35-26)6-13-12-9-33-23(32)11(12)4-5-24(13,3)27(26)22(37-27)21(25)36-25/h10,13-22,28-31H,4-9H2,1-3H3/t13-,14-,15?,16+,17-,18?,19-,20+,21-,22-,24-,25+,26-,27+/m0/s1. The Hall–Kier alpha value is -1.11. The Morgan fingerprint density at radius 2 is 1.78 bits per heavy atom. The number of aliphatic hydroxyl groups excluding tert-OH is 4. The number of carbonyl (C=O) groups is 1. The van der Waals surface area contributed by atoms with Crippen molar-refractivity contribution in [1.82, 2.24) is 0 Å². The number of ether oxygens (including phenoxy) is 5. The predicted molar refractivity (Wildman–Crippen MR) is 123 cm³/mol. The number of esters is 1. The second kappa shape index (κ2) is 6.96. The molecule has 37 heavy (non-hydrogen) atoms. The van der Waals surface area contributed by atoms with Gasteiger partial charge in [-0.2, -0.15) is 0 Å². The fraction of sp³-hybridized carbons (Fsp3) is 0.889. The molecule has 0 bridgehead atoms. The van der Waals surface area contributed by atoms with Crippen molar-refractivity contribution in [3.63, 3.8) is 0 Å².